The van der Waals surface area contributed by atoms with Gasteiger partial charge in [0, 0.05) is 11.2 Å². The Labute approximate surface area is 127 Å². The number of aryl methyl sites for hydroxylation is 4. The van der Waals surface area contributed by atoms with E-state index in [2.05, 4.69) is 15.1 Å². The van der Waals surface area contributed by atoms with E-state index < -0.39 is 10.2 Å². The Morgan fingerprint density at radius 2 is 1.50 bits per heavy atom. The molecule has 22 heavy (non-hydrogen) atoms. The van der Waals surface area contributed by atoms with Gasteiger partial charge in [0.2, 0.25) is 0 Å². The van der Waals surface area contributed by atoms with Crippen molar-refractivity contribution in [1.82, 2.24) is 19.6 Å². The van der Waals surface area contributed by atoms with Gasteiger partial charge in [-0.05, 0) is 33.8 Å². The third kappa shape index (κ3) is 3.64. The number of fused-ring (bicyclic) bond motifs is 3. The van der Waals surface area contributed by atoms with Gasteiger partial charge in [0.25, 0.3) is 0 Å². The van der Waals surface area contributed by atoms with Crippen LogP contribution >= 0.6 is 0 Å². The highest BCUT2D eigenvalue weighted by molar-refractivity contribution is 5.32. The van der Waals surface area contributed by atoms with Crippen molar-refractivity contribution >= 4 is 11.6 Å². The van der Waals surface area contributed by atoms with Crippen LogP contribution in [0, 0.1) is 37.9 Å². The molecule has 0 atom stereocenters. The van der Waals surface area contributed by atoms with Gasteiger partial charge in [0.15, 0.2) is 0 Å². The van der Waals surface area contributed by atoms with Gasteiger partial charge < -0.3 is 0 Å². The maximum Gasteiger partial charge on any atom is 0.389 e. The molecule has 0 amide bonds. The Balaban J connectivity index is 0.000000309. The van der Waals surface area contributed by atoms with Gasteiger partial charge in [-0.2, -0.15) is 4.40 Å². The van der Waals surface area contributed by atoms with Crippen LogP contribution in [0.3, 0.4) is 0 Å². The molecular weight excluding hydrogens is 314 g/mol. The van der Waals surface area contributed by atoms with Crippen LogP contribution in [0.1, 0.15) is 22.8 Å². The van der Waals surface area contributed by atoms with Crippen molar-refractivity contribution in [1.29, 1.82) is 0 Å². The Morgan fingerprint density at radius 3 is 2.09 bits per heavy atom. The molecule has 0 bridgehead atoms. The summed E-state index contributed by atoms with van der Waals surface area (Å²) < 4.78 is 37.8. The third-order valence-corrected chi connectivity index (χ3v) is 2.85. The predicted octanol–water partition coefficient (Wildman–Crippen LogP) is -3.66. The fourth-order valence-electron chi connectivity index (χ4n) is 2.20. The quantitative estimate of drug-likeness (QED) is 0.388. The molecule has 3 heterocycles. The van der Waals surface area contributed by atoms with E-state index >= 15 is 0 Å². The third-order valence-electron chi connectivity index (χ3n) is 2.85. The minimum atomic E-state index is -4.94. The molecule has 0 saturated carbocycles. The smallest absolute Gasteiger partial charge is 0.222 e. The van der Waals surface area contributed by atoms with E-state index in [1.165, 1.54) is 0 Å². The first kappa shape index (κ1) is 16.5. The van der Waals surface area contributed by atoms with Crippen molar-refractivity contribution in [3.8, 4) is 0 Å². The SMILES string of the molecule is Cc1cc(C)[n+]2c(n1)nn1c(C)cc(C)nc12.[O-][Cl+3]([O-])([O-])[O-]. The second kappa shape index (κ2) is 5.71. The Morgan fingerprint density at radius 1 is 0.955 bits per heavy atom. The van der Waals surface area contributed by atoms with E-state index in [0.717, 1.165) is 28.6 Å². The summed E-state index contributed by atoms with van der Waals surface area (Å²) in [4.78, 5) is 8.97. The van der Waals surface area contributed by atoms with Gasteiger partial charge in [0.1, 0.15) is 0 Å². The van der Waals surface area contributed by atoms with Crippen LogP contribution in [0.2, 0.25) is 0 Å². The molecule has 0 N–H and O–H groups in total. The minimum absolute atomic E-state index is 0.698. The van der Waals surface area contributed by atoms with Crippen LogP contribution in [-0.4, -0.2) is 19.6 Å². The molecule has 0 fully saturated rings. The van der Waals surface area contributed by atoms with Gasteiger partial charge >= 0.3 is 11.6 Å². The highest BCUT2D eigenvalue weighted by Crippen LogP contribution is 2.06. The highest BCUT2D eigenvalue weighted by Gasteiger charge is 2.19. The van der Waals surface area contributed by atoms with Crippen molar-refractivity contribution in [3.05, 3.63) is 34.9 Å². The van der Waals surface area contributed by atoms with Crippen LogP contribution in [0.4, 0.5) is 0 Å². The zero-order valence-corrected chi connectivity index (χ0v) is 13.2. The molecule has 0 spiro atoms. The summed E-state index contributed by atoms with van der Waals surface area (Å²) in [5.41, 5.74) is 4.12. The van der Waals surface area contributed by atoms with E-state index in [1.807, 2.05) is 48.7 Å². The normalized spacial score (nSPS) is 11.6. The summed E-state index contributed by atoms with van der Waals surface area (Å²) in [6.07, 6.45) is 0. The maximum atomic E-state index is 8.49. The molecule has 10 heteroatoms. The lowest BCUT2D eigenvalue weighted by Gasteiger charge is -2.17. The molecule has 118 valence electrons. The number of hydrogen-bond acceptors (Lipinski definition) is 7. The summed E-state index contributed by atoms with van der Waals surface area (Å²) in [6.45, 7) is 8.03. The first-order valence-corrected chi connectivity index (χ1v) is 7.44. The van der Waals surface area contributed by atoms with Crippen molar-refractivity contribution in [2.75, 3.05) is 0 Å². The molecule has 3 aromatic rings. The van der Waals surface area contributed by atoms with Gasteiger partial charge in [0.05, 0.1) is 22.8 Å². The van der Waals surface area contributed by atoms with Crippen LogP contribution < -0.4 is 23.0 Å². The van der Waals surface area contributed by atoms with Crippen LogP contribution in [0.5, 0.6) is 0 Å². The van der Waals surface area contributed by atoms with Crippen molar-refractivity contribution in [2.24, 2.45) is 0 Å². The van der Waals surface area contributed by atoms with Crippen LogP contribution in [0.25, 0.3) is 11.6 Å². The molecule has 0 unspecified atom stereocenters. The van der Waals surface area contributed by atoms with E-state index in [4.69, 9.17) is 18.6 Å². The average molecular weight is 328 g/mol. The zero-order valence-electron chi connectivity index (χ0n) is 12.4. The fraction of sp³-hybridized carbons (Fsp3) is 0.333. The standard InChI is InChI=1S/C12H14N5.ClHO4/c1-7-5-9(3)16-11(13-7)15-17-10(4)6-8(2)14-12(16)17;2-1(3,4)5/h5-6H,1-4H3;(H,2,3,4,5)/q+1;/p-1. The largest absolute Gasteiger partial charge is 0.389 e. The molecule has 3 aromatic heterocycles. The second-order valence-corrected chi connectivity index (χ2v) is 5.56. The summed E-state index contributed by atoms with van der Waals surface area (Å²) >= 11 is 0. The second-order valence-electron chi connectivity index (χ2n) is 4.80. The maximum absolute atomic E-state index is 8.49. The number of rotatable bonds is 0. The van der Waals surface area contributed by atoms with Crippen molar-refractivity contribution < 1.29 is 33.3 Å². The Kier molecular flexibility index (Phi) is 4.27. The first-order chi connectivity index (χ1) is 10.1. The van der Waals surface area contributed by atoms with Gasteiger partial charge in [-0.25, -0.2) is 18.6 Å². The van der Waals surface area contributed by atoms with Gasteiger partial charge in [-0.3, -0.25) is 0 Å². The number of nitrogens with zero attached hydrogens (tertiary/aromatic N) is 5. The summed E-state index contributed by atoms with van der Waals surface area (Å²) in [5, 5.41) is 4.48. The summed E-state index contributed by atoms with van der Waals surface area (Å²) in [7, 11) is -4.94. The van der Waals surface area contributed by atoms with Crippen molar-refractivity contribution in [3.63, 3.8) is 0 Å². The minimum Gasteiger partial charge on any atom is -0.222 e. The molecule has 0 radical (unpaired) electrons. The molecule has 0 aliphatic heterocycles. The molecular formula is C12H14ClN5O4. The Bertz CT molecular complexity index is 837. The summed E-state index contributed by atoms with van der Waals surface area (Å²) in [6, 6.07) is 4.05. The average Bonchev–Trinajstić information content (AvgIpc) is 2.65. The molecule has 0 aliphatic rings. The summed E-state index contributed by atoms with van der Waals surface area (Å²) in [5.74, 6) is 1.52. The van der Waals surface area contributed by atoms with E-state index in [9.17, 15) is 0 Å². The first-order valence-electron chi connectivity index (χ1n) is 6.21. The van der Waals surface area contributed by atoms with Gasteiger partial charge in [-0.15, -0.1) is 24.7 Å². The van der Waals surface area contributed by atoms with Crippen LogP contribution in [0.15, 0.2) is 12.1 Å². The Hall–Kier alpha value is -1.91. The zero-order chi connectivity index (χ0) is 16.7. The highest BCUT2D eigenvalue weighted by atomic mass is 35.7. The molecule has 3 rings (SSSR count). The lowest BCUT2D eigenvalue weighted by atomic mass is 10.3. The monoisotopic (exact) mass is 327 g/mol. The van der Waals surface area contributed by atoms with E-state index in [0.29, 0.717) is 5.78 Å². The molecule has 9 nitrogen and oxygen atoms in total. The van der Waals surface area contributed by atoms with Gasteiger partial charge in [-0.1, -0.05) is 0 Å². The predicted molar refractivity (Wildman–Crippen MR) is 62.9 cm³/mol. The molecule has 0 saturated heterocycles. The number of halogens is 1. The lowest BCUT2D eigenvalue weighted by Crippen LogP contribution is -2.68. The van der Waals surface area contributed by atoms with E-state index in [1.54, 1.807) is 0 Å². The number of aromatic nitrogens is 5. The topological polar surface area (TPSA) is 139 Å². The van der Waals surface area contributed by atoms with Crippen molar-refractivity contribution in [2.45, 2.75) is 27.7 Å². The lowest BCUT2D eigenvalue weighted by molar-refractivity contribution is -2.00. The molecule has 0 aliphatic carbocycles. The van der Waals surface area contributed by atoms with E-state index in [-0.39, 0.29) is 0 Å². The van der Waals surface area contributed by atoms with Crippen LogP contribution in [-0.2, 0) is 0 Å². The molecule has 0 aromatic carbocycles. The number of hydrogen-bond donors (Lipinski definition) is 0. The fourth-order valence-corrected chi connectivity index (χ4v) is 2.20.